The van der Waals surface area contributed by atoms with Gasteiger partial charge in [0.2, 0.25) is 5.82 Å². The van der Waals surface area contributed by atoms with Crippen LogP contribution >= 0.6 is 11.6 Å². The van der Waals surface area contributed by atoms with Crippen molar-refractivity contribution in [2.24, 2.45) is 0 Å². The van der Waals surface area contributed by atoms with Gasteiger partial charge in [-0.1, -0.05) is 17.7 Å². The molecule has 2 heterocycles. The van der Waals surface area contributed by atoms with Crippen molar-refractivity contribution in [2.75, 3.05) is 5.32 Å². The predicted octanol–water partition coefficient (Wildman–Crippen LogP) is 2.42. The van der Waals surface area contributed by atoms with Gasteiger partial charge in [-0.25, -0.2) is 9.78 Å². The summed E-state index contributed by atoms with van der Waals surface area (Å²) in [5.74, 6) is 0.136. The molecule has 0 radical (unpaired) electrons. The average molecular weight is 320 g/mol. The van der Waals surface area contributed by atoms with Crippen molar-refractivity contribution in [3.8, 4) is 0 Å². The lowest BCUT2D eigenvalue weighted by Gasteiger charge is -2.06. The van der Waals surface area contributed by atoms with E-state index in [1.54, 1.807) is 18.2 Å². The summed E-state index contributed by atoms with van der Waals surface area (Å²) in [7, 11) is 0. The molecule has 0 aliphatic rings. The van der Waals surface area contributed by atoms with E-state index in [9.17, 15) is 14.9 Å². The lowest BCUT2D eigenvalue weighted by molar-refractivity contribution is -0.384. The molecule has 0 bridgehead atoms. The zero-order valence-electron chi connectivity index (χ0n) is 11.1. The second-order valence-electron chi connectivity index (χ2n) is 4.59. The smallest absolute Gasteiger partial charge is 0.323 e. The zero-order chi connectivity index (χ0) is 15.7. The standard InChI is InChI=1S/C13H10ClN5O3/c14-8-4-11(19(21)22)12(16-6-8)15-5-7-1-2-9-10(3-7)18-13(20)17-9/h1-4,6H,5H2,(H,15,16)(H2,17,18,20). The van der Waals surface area contributed by atoms with Crippen LogP contribution in [0.4, 0.5) is 11.5 Å². The first-order chi connectivity index (χ1) is 10.5. The molecule has 0 aliphatic heterocycles. The van der Waals surface area contributed by atoms with E-state index in [1.807, 2.05) is 0 Å². The number of hydrogen-bond acceptors (Lipinski definition) is 5. The Morgan fingerprint density at radius 3 is 2.82 bits per heavy atom. The van der Waals surface area contributed by atoms with Gasteiger partial charge in [0.05, 0.1) is 21.0 Å². The third-order valence-electron chi connectivity index (χ3n) is 3.07. The summed E-state index contributed by atoms with van der Waals surface area (Å²) >= 11 is 5.71. The summed E-state index contributed by atoms with van der Waals surface area (Å²) in [6, 6.07) is 6.58. The Kier molecular flexibility index (Phi) is 3.51. The molecule has 9 heteroatoms. The van der Waals surface area contributed by atoms with Crippen LogP contribution in [0.2, 0.25) is 5.02 Å². The number of H-pyrrole nitrogens is 2. The van der Waals surface area contributed by atoms with Gasteiger partial charge in [-0.3, -0.25) is 10.1 Å². The predicted molar refractivity (Wildman–Crippen MR) is 82.1 cm³/mol. The van der Waals surface area contributed by atoms with Gasteiger partial charge in [0, 0.05) is 18.8 Å². The maximum atomic E-state index is 11.2. The van der Waals surface area contributed by atoms with Crippen molar-refractivity contribution >= 4 is 34.1 Å². The molecule has 0 fully saturated rings. The molecule has 2 aromatic heterocycles. The van der Waals surface area contributed by atoms with Crippen molar-refractivity contribution in [3.05, 3.63) is 61.6 Å². The minimum atomic E-state index is -0.548. The summed E-state index contributed by atoms with van der Waals surface area (Å²) in [5, 5.41) is 14.1. The first kappa shape index (κ1) is 14.1. The van der Waals surface area contributed by atoms with Crippen molar-refractivity contribution < 1.29 is 4.92 Å². The maximum absolute atomic E-state index is 11.2. The largest absolute Gasteiger partial charge is 0.360 e. The number of anilines is 1. The number of halogens is 1. The Balaban J connectivity index is 1.84. The van der Waals surface area contributed by atoms with E-state index in [-0.39, 0.29) is 22.2 Å². The first-order valence-corrected chi connectivity index (χ1v) is 6.65. The van der Waals surface area contributed by atoms with Crippen LogP contribution in [0, 0.1) is 10.1 Å². The summed E-state index contributed by atoms with van der Waals surface area (Å²) in [6.07, 6.45) is 1.34. The molecule has 3 rings (SSSR count). The molecule has 0 spiro atoms. The molecule has 3 N–H and O–H groups in total. The Labute approximate surface area is 128 Å². The van der Waals surface area contributed by atoms with Gasteiger partial charge >= 0.3 is 11.4 Å². The van der Waals surface area contributed by atoms with Gasteiger partial charge in [-0.05, 0) is 17.7 Å². The number of aromatic amines is 2. The number of hydrogen-bond donors (Lipinski definition) is 3. The second-order valence-corrected chi connectivity index (χ2v) is 5.03. The topological polar surface area (TPSA) is 117 Å². The quantitative estimate of drug-likeness (QED) is 0.504. The Hall–Kier alpha value is -2.87. The van der Waals surface area contributed by atoms with E-state index in [1.165, 1.54) is 12.3 Å². The zero-order valence-corrected chi connectivity index (χ0v) is 11.8. The third kappa shape index (κ3) is 2.77. The van der Waals surface area contributed by atoms with E-state index in [0.29, 0.717) is 17.6 Å². The first-order valence-electron chi connectivity index (χ1n) is 6.27. The highest BCUT2D eigenvalue weighted by Gasteiger charge is 2.15. The summed E-state index contributed by atoms with van der Waals surface area (Å²) in [6.45, 7) is 0.318. The number of nitrogens with one attached hydrogen (secondary N) is 3. The van der Waals surface area contributed by atoms with Crippen molar-refractivity contribution in [1.82, 2.24) is 15.0 Å². The van der Waals surface area contributed by atoms with Crippen LogP contribution in [0.25, 0.3) is 11.0 Å². The van der Waals surface area contributed by atoms with Crippen LogP contribution in [0.15, 0.2) is 35.3 Å². The number of imidazole rings is 1. The van der Waals surface area contributed by atoms with Gasteiger partial charge in [0.15, 0.2) is 0 Å². The van der Waals surface area contributed by atoms with E-state index < -0.39 is 4.92 Å². The molecule has 0 atom stereocenters. The molecule has 0 amide bonds. The summed E-state index contributed by atoms with van der Waals surface area (Å²) in [5.41, 5.74) is 1.74. The Morgan fingerprint density at radius 2 is 2.05 bits per heavy atom. The molecule has 0 unspecified atom stereocenters. The highest BCUT2D eigenvalue weighted by atomic mass is 35.5. The molecule has 0 saturated heterocycles. The highest BCUT2D eigenvalue weighted by Crippen LogP contribution is 2.25. The lowest BCUT2D eigenvalue weighted by Crippen LogP contribution is -2.04. The minimum absolute atomic E-state index is 0.136. The monoisotopic (exact) mass is 319 g/mol. The fourth-order valence-corrected chi connectivity index (χ4v) is 2.23. The number of rotatable bonds is 4. The molecular formula is C13H10ClN5O3. The number of nitrogens with zero attached hydrogens (tertiary/aromatic N) is 2. The molecular weight excluding hydrogens is 310 g/mol. The Bertz CT molecular complexity index is 917. The number of fused-ring (bicyclic) bond motifs is 1. The molecule has 8 nitrogen and oxygen atoms in total. The van der Waals surface area contributed by atoms with E-state index in [4.69, 9.17) is 11.6 Å². The lowest BCUT2D eigenvalue weighted by atomic mass is 10.2. The van der Waals surface area contributed by atoms with Crippen LogP contribution in [-0.2, 0) is 6.54 Å². The van der Waals surface area contributed by atoms with Gasteiger partial charge in [0.25, 0.3) is 0 Å². The second kappa shape index (κ2) is 5.49. The molecule has 0 saturated carbocycles. The van der Waals surface area contributed by atoms with E-state index in [2.05, 4.69) is 20.3 Å². The SMILES string of the molecule is O=c1[nH]c2ccc(CNc3ncc(Cl)cc3[N+](=O)[O-])cc2[nH]1. The minimum Gasteiger partial charge on any atom is -0.360 e. The normalized spacial score (nSPS) is 10.8. The Morgan fingerprint density at radius 1 is 1.27 bits per heavy atom. The fraction of sp³-hybridized carbons (Fsp3) is 0.0769. The number of nitro groups is 1. The summed E-state index contributed by atoms with van der Waals surface area (Å²) in [4.78, 5) is 30.9. The number of aromatic nitrogens is 3. The van der Waals surface area contributed by atoms with Crippen LogP contribution in [0.1, 0.15) is 5.56 Å². The van der Waals surface area contributed by atoms with Gasteiger partial charge in [-0.15, -0.1) is 0 Å². The van der Waals surface area contributed by atoms with Crippen LogP contribution in [-0.4, -0.2) is 19.9 Å². The molecule has 22 heavy (non-hydrogen) atoms. The van der Waals surface area contributed by atoms with E-state index >= 15 is 0 Å². The van der Waals surface area contributed by atoms with Crippen LogP contribution in [0.3, 0.4) is 0 Å². The third-order valence-corrected chi connectivity index (χ3v) is 3.28. The van der Waals surface area contributed by atoms with E-state index in [0.717, 1.165) is 5.56 Å². The molecule has 0 aliphatic carbocycles. The number of pyridine rings is 1. The van der Waals surface area contributed by atoms with Crippen molar-refractivity contribution in [3.63, 3.8) is 0 Å². The molecule has 3 aromatic rings. The van der Waals surface area contributed by atoms with Crippen molar-refractivity contribution in [1.29, 1.82) is 0 Å². The van der Waals surface area contributed by atoms with Gasteiger partial charge in [-0.2, -0.15) is 0 Å². The molecule has 1 aromatic carbocycles. The summed E-state index contributed by atoms with van der Waals surface area (Å²) < 4.78 is 0. The maximum Gasteiger partial charge on any atom is 0.323 e. The van der Waals surface area contributed by atoms with Gasteiger partial charge < -0.3 is 15.3 Å². The highest BCUT2D eigenvalue weighted by molar-refractivity contribution is 6.30. The van der Waals surface area contributed by atoms with Crippen LogP contribution in [0.5, 0.6) is 0 Å². The van der Waals surface area contributed by atoms with Gasteiger partial charge in [0.1, 0.15) is 0 Å². The average Bonchev–Trinajstić information content (AvgIpc) is 2.85. The van der Waals surface area contributed by atoms with Crippen molar-refractivity contribution in [2.45, 2.75) is 6.54 Å². The number of benzene rings is 1. The fourth-order valence-electron chi connectivity index (χ4n) is 2.08. The molecule has 112 valence electrons. The van der Waals surface area contributed by atoms with Crippen LogP contribution < -0.4 is 11.0 Å².